The fraction of sp³-hybridized carbons (Fsp3) is 0.467. The van der Waals surface area contributed by atoms with E-state index in [0.29, 0.717) is 58.5 Å². The molecule has 10 aromatic rings. The van der Waals surface area contributed by atoms with Crippen LogP contribution < -0.4 is 145 Å². The molecule has 0 atom stereocenters. The summed E-state index contributed by atoms with van der Waals surface area (Å²) in [5.41, 5.74) is 34.3. The topological polar surface area (TPSA) is 185 Å². The second kappa shape index (κ2) is 55.8. The Balaban J connectivity index is 0.000000576. The first-order chi connectivity index (χ1) is 61.6. The second-order valence-electron chi connectivity index (χ2n) is 43.9. The van der Waals surface area contributed by atoms with Crippen molar-refractivity contribution in [1.82, 2.24) is 0 Å². The van der Waals surface area contributed by atoms with E-state index in [4.69, 9.17) is 0 Å². The summed E-state index contributed by atoms with van der Waals surface area (Å²) in [5, 5.41) is 62.7. The van der Waals surface area contributed by atoms with Gasteiger partial charge in [0.25, 0.3) is 0 Å². The Hall–Kier alpha value is -7.46. The van der Waals surface area contributed by atoms with E-state index in [1.165, 1.54) is 109 Å². The first-order valence-corrected chi connectivity index (χ1v) is 49.4. The monoisotopic (exact) mass is 1820 g/mol. The smallest absolute Gasteiger partial charge is 0.872 e. The molecular formula is C122H167Li5N5O5+5. The van der Waals surface area contributed by atoms with Crippen molar-refractivity contribution in [3.05, 3.63) is 291 Å². The number of rotatable bonds is 22. The molecule has 0 radical (unpaired) electrons. The Labute approximate surface area is 891 Å². The molecule has 1 aliphatic rings. The standard InChI is InChI=1S/C28H41NO.C26H35NO.C26H37NO.C23H31NO.C19H23NO.5Li/c1-16(2)21-12-24(19(7)8)28(25(13-21)20(9)10)29-15-26-23(18(5)6)11-22(17(3)4)14-27(26)30;1-5-19-14-20(6-2)26(21(7-3)15-19)27-17-24-16-23(12-13-25(24)28)22-10-8-18(4)9-11-22;1-16(2)20-11-10-12-21(17(3)4)25(20)27-15-23-22(18(5)6)13-19(14-24(23)28)26(7,8)9;1-15-11-19(23(6,7)8)12-16(2)21(15)24-14-17-13-18(22(3,4)5)9-10-20(17)25;1-13-7-6-8-14(2)18(13)20-12-15-11-16(19(3,4)5)9-10-17(15)21;;;;;/h11-20,30H,1-10H3;12-18,22,28H,5-11H2,1-4H3;10-18,28H,1-9H3;9-14,25H,1-8H3;6-12,21H,1-5H3;;;;;/q;;;;;5*+1. The average molecular weight is 1820 g/mol. The molecule has 0 amide bonds. The molecule has 1 fully saturated rings. The van der Waals surface area contributed by atoms with Gasteiger partial charge in [0.1, 0.15) is 0 Å². The molecule has 10 aromatic carbocycles. The molecule has 0 heterocycles. The quantitative estimate of drug-likeness (QED) is 0.0350. The van der Waals surface area contributed by atoms with Crippen LogP contribution in [0.4, 0.5) is 28.4 Å². The van der Waals surface area contributed by atoms with Crippen molar-refractivity contribution in [3.8, 4) is 28.7 Å². The van der Waals surface area contributed by atoms with Crippen molar-refractivity contribution in [1.29, 1.82) is 0 Å². The van der Waals surface area contributed by atoms with Crippen LogP contribution in [0.3, 0.4) is 0 Å². The van der Waals surface area contributed by atoms with Gasteiger partial charge in [-0.05, 0) is 251 Å². The minimum atomic E-state index is -0.0379. The number of hydrogen-bond acceptors (Lipinski definition) is 5. The molecule has 0 aliphatic heterocycles. The van der Waals surface area contributed by atoms with E-state index in [1.807, 2.05) is 67.5 Å². The average Bonchev–Trinajstić information content (AvgIpc) is 0.785. The summed E-state index contributed by atoms with van der Waals surface area (Å²) in [7, 11) is 0. The van der Waals surface area contributed by atoms with E-state index in [2.05, 4.69) is 359 Å². The fourth-order valence-corrected chi connectivity index (χ4v) is 17.2. The molecular weight excluding hydrogens is 1650 g/mol. The third kappa shape index (κ3) is 35.6. The Morgan fingerprint density at radius 3 is 0.985 bits per heavy atom. The number of aryl methyl sites for hydroxylation is 7. The summed E-state index contributed by atoms with van der Waals surface area (Å²) < 4.78 is 0. The Morgan fingerprint density at radius 2 is 0.613 bits per heavy atom. The van der Waals surface area contributed by atoms with Gasteiger partial charge in [-0.3, -0.25) is 0 Å². The van der Waals surface area contributed by atoms with Crippen molar-refractivity contribution < 1.29 is 145 Å². The van der Waals surface area contributed by atoms with Gasteiger partial charge in [0.05, 0.1) is 0 Å². The molecule has 15 heteroatoms. The zero-order valence-corrected chi connectivity index (χ0v) is 93.1. The van der Waals surface area contributed by atoms with Gasteiger partial charge < -0.3 is 25.5 Å². The van der Waals surface area contributed by atoms with Gasteiger partial charge in [-0.2, -0.15) is 0 Å². The van der Waals surface area contributed by atoms with E-state index in [-0.39, 0.29) is 151 Å². The predicted octanol–water partition coefficient (Wildman–Crippen LogP) is 7.37. The molecule has 0 unspecified atom stereocenters. The minimum absolute atomic E-state index is 0. The molecule has 0 saturated heterocycles. The van der Waals surface area contributed by atoms with Crippen LogP contribution in [0.5, 0.6) is 28.7 Å². The van der Waals surface area contributed by atoms with Crippen LogP contribution in [0.1, 0.15) is 440 Å². The largest absolute Gasteiger partial charge is 1.00 e. The van der Waals surface area contributed by atoms with Crippen molar-refractivity contribution in [2.24, 2.45) is 5.92 Å². The van der Waals surface area contributed by atoms with E-state index in [0.717, 1.165) is 98.0 Å². The number of hydrogen-bond donors (Lipinski definition) is 5. The molecule has 0 bridgehead atoms. The van der Waals surface area contributed by atoms with Crippen molar-refractivity contribution in [2.75, 3.05) is 0 Å². The van der Waals surface area contributed by atoms with Gasteiger partial charge in [0.15, 0.2) is 31.1 Å². The van der Waals surface area contributed by atoms with Crippen LogP contribution in [0.25, 0.3) is 0 Å². The summed E-state index contributed by atoms with van der Waals surface area (Å²) >= 11 is 0. The summed E-state index contributed by atoms with van der Waals surface area (Å²) in [6.45, 7) is 78.5. The third-order valence-corrected chi connectivity index (χ3v) is 26.2. The van der Waals surface area contributed by atoms with E-state index >= 15 is 0 Å². The van der Waals surface area contributed by atoms with Gasteiger partial charge in [-0.25, -0.2) is 25.0 Å². The maximum atomic E-state index is 13.0. The molecule has 1 saturated carbocycles. The number of para-hydroxylation sites is 2. The van der Waals surface area contributed by atoms with Crippen LogP contribution in [0.15, 0.2) is 152 Å². The van der Waals surface area contributed by atoms with Gasteiger partial charge in [-0.1, -0.05) is 360 Å². The first-order valence-electron chi connectivity index (χ1n) is 49.4. The predicted molar refractivity (Wildman–Crippen MR) is 556 cm³/mol. The molecule has 0 aromatic heterocycles. The SMILES string of the molecule is CC(C)c1cc(C(C)(C)C)cc([O-])c1C=[NH+]c1c(C(C)C)cccc1C(C)C.CC(C)c1cc([O-])c(C=[NH+]c2c(C(C)C)cc(C(C)C)cc2C(C)C)c(C(C)C)c1.CCc1cc(CC)c([NH+]=Cc2cc(C3CCC(C)CC3)ccc2[O-])c(CC)c1.Cc1cc(C(C)(C)C)cc(C)c1[NH+]=Cc1cc(C(C)(C)C)ccc1[O-].Cc1cccc(C)c1[NH+]=Cc1cc(C(C)(C)C)ccc1[O-].[Li+].[Li+].[Li+].[Li+].[Li+]. The van der Waals surface area contributed by atoms with Crippen molar-refractivity contribution >= 4 is 59.5 Å². The summed E-state index contributed by atoms with van der Waals surface area (Å²) in [6.07, 6.45) is 17.6. The first kappa shape index (κ1) is 126. The molecule has 137 heavy (non-hydrogen) atoms. The summed E-state index contributed by atoms with van der Waals surface area (Å²) in [6, 6.07) is 51.4. The minimum Gasteiger partial charge on any atom is -0.872 e. The van der Waals surface area contributed by atoms with Crippen molar-refractivity contribution in [2.45, 2.75) is 369 Å². The zero-order valence-electron chi connectivity index (χ0n) is 93.1. The van der Waals surface area contributed by atoms with Crippen LogP contribution in [-0.4, -0.2) is 31.1 Å². The van der Waals surface area contributed by atoms with Gasteiger partial charge in [-0.15, -0.1) is 0 Å². The van der Waals surface area contributed by atoms with Gasteiger partial charge in [0.2, 0.25) is 28.4 Å². The Bertz CT molecular complexity index is 5580. The van der Waals surface area contributed by atoms with Crippen molar-refractivity contribution in [3.63, 3.8) is 0 Å². The van der Waals surface area contributed by atoms with Crippen LogP contribution in [0, 0.1) is 33.6 Å². The van der Waals surface area contributed by atoms with Crippen LogP contribution in [-0.2, 0) is 40.9 Å². The van der Waals surface area contributed by atoms with Gasteiger partial charge >= 0.3 is 94.3 Å². The van der Waals surface area contributed by atoms with E-state index in [1.54, 1.807) is 30.3 Å². The molecule has 11 rings (SSSR count). The summed E-state index contributed by atoms with van der Waals surface area (Å²) in [5.74, 6) is 4.87. The molecule has 710 valence electrons. The Morgan fingerprint density at radius 1 is 0.292 bits per heavy atom. The van der Waals surface area contributed by atoms with E-state index < -0.39 is 0 Å². The second-order valence-corrected chi connectivity index (χ2v) is 43.9. The summed E-state index contributed by atoms with van der Waals surface area (Å²) in [4.78, 5) is 17.3. The zero-order chi connectivity index (χ0) is 98.7. The molecule has 5 N–H and O–H groups in total. The third-order valence-electron chi connectivity index (χ3n) is 26.2. The van der Waals surface area contributed by atoms with Gasteiger partial charge in [0, 0.05) is 83.5 Å². The molecule has 0 spiro atoms. The van der Waals surface area contributed by atoms with Crippen LogP contribution in [0.2, 0.25) is 0 Å². The molecule has 1 aliphatic carbocycles. The Kier molecular flexibility index (Phi) is 51.2. The van der Waals surface area contributed by atoms with E-state index in [9.17, 15) is 25.5 Å². The molecule has 10 nitrogen and oxygen atoms in total. The maximum Gasteiger partial charge on any atom is 1.00 e. The van der Waals surface area contributed by atoms with Crippen LogP contribution >= 0.6 is 0 Å². The number of benzene rings is 10. The normalized spacial score (nSPS) is 13.6. The number of nitrogens with one attached hydrogen (secondary N) is 5. The maximum absolute atomic E-state index is 13.0. The fourth-order valence-electron chi connectivity index (χ4n) is 17.2.